The van der Waals surface area contributed by atoms with Gasteiger partial charge in [-0.05, 0) is 59.2 Å². The van der Waals surface area contributed by atoms with Crippen LogP contribution < -0.4 is 0 Å². The zero-order valence-electron chi connectivity index (χ0n) is 15.2. The number of ketones is 1. The topological polar surface area (TPSA) is 17.1 Å². The van der Waals surface area contributed by atoms with Crippen molar-refractivity contribution in [2.24, 2.45) is 0 Å². The molecule has 2 aromatic carbocycles. The van der Waals surface area contributed by atoms with Gasteiger partial charge < -0.3 is 0 Å². The molecule has 2 aliphatic rings. The fourth-order valence-electron chi connectivity index (χ4n) is 3.99. The van der Waals surface area contributed by atoms with Crippen LogP contribution in [-0.4, -0.2) is 5.78 Å². The molecule has 0 radical (unpaired) electrons. The van der Waals surface area contributed by atoms with Crippen LogP contribution in [0.5, 0.6) is 0 Å². The second-order valence-corrected chi connectivity index (χ2v) is 7.22. The zero-order valence-corrected chi connectivity index (χ0v) is 15.2. The van der Waals surface area contributed by atoms with E-state index in [-0.39, 0.29) is 5.78 Å². The summed E-state index contributed by atoms with van der Waals surface area (Å²) in [5.74, 6) is 0.577. The molecule has 0 N–H and O–H groups in total. The molecular weight excluding hydrogens is 304 g/mol. The number of benzene rings is 2. The first-order valence-corrected chi connectivity index (χ1v) is 8.88. The first-order valence-electron chi connectivity index (χ1n) is 8.88. The molecule has 0 unspecified atom stereocenters. The largest absolute Gasteiger partial charge is 0.289 e. The monoisotopic (exact) mass is 326 g/mol. The van der Waals surface area contributed by atoms with Gasteiger partial charge in [-0.3, -0.25) is 4.79 Å². The summed E-state index contributed by atoms with van der Waals surface area (Å²) in [6, 6.07) is 16.9. The highest BCUT2D eigenvalue weighted by Gasteiger charge is 2.35. The maximum Gasteiger partial charge on any atom is 0.189 e. The van der Waals surface area contributed by atoms with Gasteiger partial charge in [-0.15, -0.1) is 0 Å². The summed E-state index contributed by atoms with van der Waals surface area (Å²) in [7, 11) is 0. The SMILES string of the molecule is CC1=C(C)C(c2ccccc2)=C2C(=Cc3cccc(C(C)C)c32)C1=O. The fraction of sp³-hybridized carbons (Fsp3) is 0.208. The molecule has 2 aromatic rings. The van der Waals surface area contributed by atoms with E-state index in [0.29, 0.717) is 5.92 Å². The van der Waals surface area contributed by atoms with Crippen LogP contribution in [0.2, 0.25) is 0 Å². The first-order chi connectivity index (χ1) is 12.0. The predicted octanol–water partition coefficient (Wildman–Crippen LogP) is 6.04. The van der Waals surface area contributed by atoms with Crippen LogP contribution in [-0.2, 0) is 4.79 Å². The van der Waals surface area contributed by atoms with Gasteiger partial charge in [0.15, 0.2) is 5.78 Å². The normalized spacial score (nSPS) is 16.4. The summed E-state index contributed by atoms with van der Waals surface area (Å²) < 4.78 is 0. The quantitative estimate of drug-likeness (QED) is 0.658. The van der Waals surface area contributed by atoms with Crippen LogP contribution in [0.15, 0.2) is 65.3 Å². The average Bonchev–Trinajstić information content (AvgIpc) is 3.00. The van der Waals surface area contributed by atoms with E-state index in [1.54, 1.807) is 0 Å². The predicted molar refractivity (Wildman–Crippen MR) is 105 cm³/mol. The fourth-order valence-corrected chi connectivity index (χ4v) is 3.99. The minimum atomic E-state index is 0.165. The summed E-state index contributed by atoms with van der Waals surface area (Å²) in [5.41, 5.74) is 10.0. The Bertz CT molecular complexity index is 982. The molecule has 0 aromatic heterocycles. The number of hydrogen-bond acceptors (Lipinski definition) is 1. The van der Waals surface area contributed by atoms with E-state index >= 15 is 0 Å². The Hall–Kier alpha value is -2.67. The van der Waals surface area contributed by atoms with Gasteiger partial charge in [0.25, 0.3) is 0 Å². The Balaban J connectivity index is 2.12. The Morgan fingerprint density at radius 1 is 0.800 bits per heavy atom. The number of Topliss-reactive ketones (excluding diaryl/α,β-unsaturated/α-hetero) is 1. The van der Waals surface area contributed by atoms with Gasteiger partial charge in [-0.25, -0.2) is 0 Å². The molecule has 0 amide bonds. The van der Waals surface area contributed by atoms with Crippen molar-refractivity contribution in [3.05, 3.63) is 87.5 Å². The summed E-state index contributed by atoms with van der Waals surface area (Å²) in [6.07, 6.45) is 2.08. The standard InChI is InChI=1S/C24H22O/c1-14(2)19-12-8-11-18-13-20-23(22(18)19)21(15(3)16(4)24(20)25)17-9-6-5-7-10-17/h5-14H,1-4H3. The highest BCUT2D eigenvalue weighted by Crippen LogP contribution is 2.49. The van der Waals surface area contributed by atoms with Gasteiger partial charge in [0.2, 0.25) is 0 Å². The molecule has 25 heavy (non-hydrogen) atoms. The van der Waals surface area contributed by atoms with Gasteiger partial charge in [0.05, 0.1) is 0 Å². The number of fused-ring (bicyclic) bond motifs is 3. The molecule has 0 atom stereocenters. The third-order valence-electron chi connectivity index (χ3n) is 5.41. The van der Waals surface area contributed by atoms with Crippen molar-refractivity contribution in [1.29, 1.82) is 0 Å². The Labute approximate surface area is 149 Å². The second-order valence-electron chi connectivity index (χ2n) is 7.22. The van der Waals surface area contributed by atoms with Crippen LogP contribution in [0, 0.1) is 0 Å². The van der Waals surface area contributed by atoms with Crippen LogP contribution in [0.3, 0.4) is 0 Å². The smallest absolute Gasteiger partial charge is 0.189 e. The van der Waals surface area contributed by atoms with Crippen molar-refractivity contribution in [3.63, 3.8) is 0 Å². The average molecular weight is 326 g/mol. The molecule has 0 heterocycles. The highest BCUT2D eigenvalue weighted by atomic mass is 16.1. The van der Waals surface area contributed by atoms with Crippen molar-refractivity contribution in [2.45, 2.75) is 33.6 Å². The molecule has 0 aliphatic heterocycles. The van der Waals surface area contributed by atoms with Crippen LogP contribution in [0.4, 0.5) is 0 Å². The maximum atomic E-state index is 13.0. The highest BCUT2D eigenvalue weighted by molar-refractivity contribution is 6.32. The summed E-state index contributed by atoms with van der Waals surface area (Å²) in [4.78, 5) is 13.0. The minimum absolute atomic E-state index is 0.165. The lowest BCUT2D eigenvalue weighted by molar-refractivity contribution is -0.111. The van der Waals surface area contributed by atoms with E-state index in [2.05, 4.69) is 69.3 Å². The lowest BCUT2D eigenvalue weighted by Crippen LogP contribution is -2.14. The molecule has 0 bridgehead atoms. The van der Waals surface area contributed by atoms with E-state index in [1.807, 2.05) is 13.0 Å². The molecular formula is C24H22O. The molecule has 2 aliphatic carbocycles. The van der Waals surface area contributed by atoms with Gasteiger partial charge in [-0.1, -0.05) is 62.4 Å². The Morgan fingerprint density at radius 3 is 2.20 bits per heavy atom. The second kappa shape index (κ2) is 5.70. The summed E-state index contributed by atoms with van der Waals surface area (Å²) in [6.45, 7) is 8.46. The molecule has 0 saturated carbocycles. The van der Waals surface area contributed by atoms with Crippen molar-refractivity contribution >= 4 is 23.0 Å². The van der Waals surface area contributed by atoms with Gasteiger partial charge in [0.1, 0.15) is 0 Å². The number of allylic oxidation sites excluding steroid dienone is 5. The number of hydrogen-bond donors (Lipinski definition) is 0. The third-order valence-corrected chi connectivity index (χ3v) is 5.41. The van der Waals surface area contributed by atoms with Gasteiger partial charge in [0, 0.05) is 16.7 Å². The maximum absolute atomic E-state index is 13.0. The zero-order chi connectivity index (χ0) is 17.7. The van der Waals surface area contributed by atoms with Crippen LogP contribution in [0.25, 0.3) is 17.2 Å². The van der Waals surface area contributed by atoms with Gasteiger partial charge in [-0.2, -0.15) is 0 Å². The lowest BCUT2D eigenvalue weighted by Gasteiger charge is -2.25. The van der Waals surface area contributed by atoms with Crippen molar-refractivity contribution in [1.82, 2.24) is 0 Å². The number of carbonyl (C=O) groups excluding carboxylic acids is 1. The molecule has 0 spiro atoms. The van der Waals surface area contributed by atoms with Crippen molar-refractivity contribution < 1.29 is 4.79 Å². The van der Waals surface area contributed by atoms with E-state index < -0.39 is 0 Å². The lowest BCUT2D eigenvalue weighted by atomic mass is 9.77. The molecule has 4 rings (SSSR count). The number of rotatable bonds is 2. The van der Waals surface area contributed by atoms with Crippen molar-refractivity contribution in [3.8, 4) is 0 Å². The molecule has 0 saturated heterocycles. The van der Waals surface area contributed by atoms with Gasteiger partial charge >= 0.3 is 0 Å². The first kappa shape index (κ1) is 15.8. The molecule has 124 valence electrons. The van der Waals surface area contributed by atoms with E-state index in [4.69, 9.17) is 0 Å². The Kier molecular flexibility index (Phi) is 3.61. The minimum Gasteiger partial charge on any atom is -0.289 e. The van der Waals surface area contributed by atoms with E-state index in [9.17, 15) is 4.79 Å². The van der Waals surface area contributed by atoms with Crippen molar-refractivity contribution in [2.75, 3.05) is 0 Å². The third kappa shape index (κ3) is 2.26. The van der Waals surface area contributed by atoms with Crippen LogP contribution in [0.1, 0.15) is 55.9 Å². The number of carbonyl (C=O) groups is 1. The van der Waals surface area contributed by atoms with E-state index in [1.165, 1.54) is 27.8 Å². The van der Waals surface area contributed by atoms with Crippen LogP contribution >= 0.6 is 0 Å². The Morgan fingerprint density at radius 2 is 1.52 bits per heavy atom. The van der Waals surface area contributed by atoms with E-state index in [0.717, 1.165) is 22.3 Å². The molecule has 1 nitrogen and oxygen atoms in total. The summed E-state index contributed by atoms with van der Waals surface area (Å²) >= 11 is 0. The molecule has 0 fully saturated rings. The molecule has 1 heteroatoms. The summed E-state index contributed by atoms with van der Waals surface area (Å²) in [5, 5.41) is 0.